The van der Waals surface area contributed by atoms with Crippen molar-refractivity contribution in [3.63, 3.8) is 0 Å². The molecule has 2 amide bonds. The minimum Gasteiger partial charge on any atom is -0.492 e. The fourth-order valence-electron chi connectivity index (χ4n) is 3.69. The molecule has 7 nitrogen and oxygen atoms in total. The van der Waals surface area contributed by atoms with Crippen molar-refractivity contribution in [3.8, 4) is 5.75 Å². The van der Waals surface area contributed by atoms with E-state index in [2.05, 4.69) is 19.2 Å². The zero-order valence-electron chi connectivity index (χ0n) is 20.8. The number of nitrogens with one attached hydrogen (secondary N) is 1. The second-order valence-electron chi connectivity index (χ2n) is 8.41. The fourth-order valence-corrected chi connectivity index (χ4v) is 3.69. The number of amides is 2. The fraction of sp³-hybridized carbons (Fsp3) is 0.481. The van der Waals surface area contributed by atoms with E-state index in [-0.39, 0.29) is 6.03 Å². The smallest absolute Gasteiger partial charge is 0.333 e. The molecule has 0 aromatic heterocycles. The summed E-state index contributed by atoms with van der Waals surface area (Å²) in [5, 5.41) is 12.3. The van der Waals surface area contributed by atoms with E-state index < -0.39 is 12.1 Å². The second kappa shape index (κ2) is 14.3. The molecule has 0 fully saturated rings. The number of hydrogen-bond donors (Lipinski definition) is 2. The Kier molecular flexibility index (Phi) is 11.4. The topological polar surface area (TPSA) is 88.1 Å². The highest BCUT2D eigenvalue weighted by Crippen LogP contribution is 2.16. The number of nitrogens with zero attached hydrogens (tertiary/aromatic N) is 1. The molecule has 0 saturated carbocycles. The average molecular weight is 471 g/mol. The molecule has 0 aliphatic rings. The number of aliphatic carboxylic acids is 1. The Morgan fingerprint density at radius 1 is 1.06 bits per heavy atom. The molecule has 0 heterocycles. The Morgan fingerprint density at radius 3 is 2.35 bits per heavy atom. The summed E-state index contributed by atoms with van der Waals surface area (Å²) in [6.07, 6.45) is 1.45. The summed E-state index contributed by atoms with van der Waals surface area (Å²) in [7, 11) is 0. The third-order valence-corrected chi connectivity index (χ3v) is 5.81. The molecule has 0 spiro atoms. The SMILES string of the molecule is CCOC(Cc1ccc(OCCN(CC(CC)CC)C(=O)Nc2cccc(C)c2)cc1)C(=O)O. The van der Waals surface area contributed by atoms with Crippen molar-refractivity contribution in [1.29, 1.82) is 0 Å². The first-order valence-electron chi connectivity index (χ1n) is 12.0. The highest BCUT2D eigenvalue weighted by molar-refractivity contribution is 5.89. The van der Waals surface area contributed by atoms with Crippen LogP contribution in [0, 0.1) is 12.8 Å². The number of anilines is 1. The minimum absolute atomic E-state index is 0.132. The van der Waals surface area contributed by atoms with E-state index in [1.807, 2.05) is 60.4 Å². The molecule has 0 aliphatic carbocycles. The average Bonchev–Trinajstić information content (AvgIpc) is 2.82. The highest BCUT2D eigenvalue weighted by atomic mass is 16.5. The van der Waals surface area contributed by atoms with Gasteiger partial charge in [0.1, 0.15) is 12.4 Å². The molecule has 0 aliphatic heterocycles. The van der Waals surface area contributed by atoms with E-state index in [4.69, 9.17) is 9.47 Å². The summed E-state index contributed by atoms with van der Waals surface area (Å²) < 4.78 is 11.2. The Labute approximate surface area is 203 Å². The van der Waals surface area contributed by atoms with Crippen molar-refractivity contribution in [2.75, 3.05) is 31.6 Å². The molecule has 2 rings (SSSR count). The van der Waals surface area contributed by atoms with E-state index in [1.54, 1.807) is 6.92 Å². The Bertz CT molecular complexity index is 896. The molecule has 186 valence electrons. The summed E-state index contributed by atoms with van der Waals surface area (Å²) in [5.41, 5.74) is 2.73. The molecule has 0 bridgehead atoms. The molecule has 34 heavy (non-hydrogen) atoms. The van der Waals surface area contributed by atoms with Gasteiger partial charge in [-0.25, -0.2) is 9.59 Å². The molecule has 1 atom stereocenters. The summed E-state index contributed by atoms with van der Waals surface area (Å²) in [6, 6.07) is 15.0. The zero-order chi connectivity index (χ0) is 24.9. The number of urea groups is 1. The number of carbonyl (C=O) groups is 2. The number of carboxylic acid groups (broad SMARTS) is 1. The molecular formula is C27H38N2O5. The molecule has 7 heteroatoms. The van der Waals surface area contributed by atoms with E-state index >= 15 is 0 Å². The van der Waals surface area contributed by atoms with Gasteiger partial charge in [0.25, 0.3) is 0 Å². The number of carboxylic acids is 1. The van der Waals surface area contributed by atoms with Crippen molar-refractivity contribution in [3.05, 3.63) is 59.7 Å². The number of hydrogen-bond acceptors (Lipinski definition) is 4. The second-order valence-corrected chi connectivity index (χ2v) is 8.41. The van der Waals surface area contributed by atoms with Crippen LogP contribution < -0.4 is 10.1 Å². The van der Waals surface area contributed by atoms with Crippen LogP contribution in [0.4, 0.5) is 10.5 Å². The Balaban J connectivity index is 1.95. The van der Waals surface area contributed by atoms with Gasteiger partial charge in [-0.05, 0) is 55.2 Å². The molecule has 2 aromatic carbocycles. The van der Waals surface area contributed by atoms with Crippen LogP contribution in [-0.2, 0) is 16.0 Å². The molecule has 2 aromatic rings. The van der Waals surface area contributed by atoms with Crippen molar-refractivity contribution >= 4 is 17.7 Å². The van der Waals surface area contributed by atoms with Gasteiger partial charge in [0.2, 0.25) is 0 Å². The maximum absolute atomic E-state index is 13.0. The molecule has 1 unspecified atom stereocenters. The van der Waals surface area contributed by atoms with Crippen LogP contribution in [-0.4, -0.2) is 54.4 Å². The van der Waals surface area contributed by atoms with Crippen LogP contribution in [0.15, 0.2) is 48.5 Å². The van der Waals surface area contributed by atoms with Crippen molar-refractivity contribution in [2.24, 2.45) is 5.92 Å². The normalized spacial score (nSPS) is 11.8. The molecule has 0 saturated heterocycles. The Hall–Kier alpha value is -3.06. The van der Waals surface area contributed by atoms with Gasteiger partial charge in [-0.2, -0.15) is 0 Å². The van der Waals surface area contributed by atoms with E-state index in [0.29, 0.717) is 44.4 Å². The first-order valence-corrected chi connectivity index (χ1v) is 12.0. The molecule has 0 radical (unpaired) electrons. The number of benzene rings is 2. The predicted molar refractivity (Wildman–Crippen MR) is 135 cm³/mol. The third-order valence-electron chi connectivity index (χ3n) is 5.81. The highest BCUT2D eigenvalue weighted by Gasteiger charge is 2.19. The van der Waals surface area contributed by atoms with Crippen molar-refractivity contribution < 1.29 is 24.2 Å². The number of rotatable bonds is 14. The van der Waals surface area contributed by atoms with E-state index in [1.165, 1.54) is 0 Å². The van der Waals surface area contributed by atoms with Crippen molar-refractivity contribution in [1.82, 2.24) is 4.90 Å². The maximum atomic E-state index is 13.0. The van der Waals surface area contributed by atoms with Gasteiger partial charge < -0.3 is 24.8 Å². The quantitative estimate of drug-likeness (QED) is 0.387. The summed E-state index contributed by atoms with van der Waals surface area (Å²) in [6.45, 7) is 9.89. The maximum Gasteiger partial charge on any atom is 0.333 e. The van der Waals surface area contributed by atoms with Crippen LogP contribution in [0.5, 0.6) is 5.75 Å². The van der Waals surface area contributed by atoms with Crippen LogP contribution >= 0.6 is 0 Å². The summed E-state index contributed by atoms with van der Waals surface area (Å²) in [5.74, 6) is 0.132. The van der Waals surface area contributed by atoms with Gasteiger partial charge in [0, 0.05) is 25.3 Å². The van der Waals surface area contributed by atoms with E-state index in [9.17, 15) is 14.7 Å². The lowest BCUT2D eigenvalue weighted by molar-refractivity contribution is -0.149. The molecule has 2 N–H and O–H groups in total. The van der Waals surface area contributed by atoms with Crippen molar-refractivity contribution in [2.45, 2.75) is 53.1 Å². The third kappa shape index (κ3) is 9.06. The van der Waals surface area contributed by atoms with Gasteiger partial charge in [-0.3, -0.25) is 0 Å². The largest absolute Gasteiger partial charge is 0.492 e. The first-order chi connectivity index (χ1) is 16.4. The van der Waals surface area contributed by atoms with E-state index in [0.717, 1.165) is 29.7 Å². The van der Waals surface area contributed by atoms with Gasteiger partial charge in [0.15, 0.2) is 6.10 Å². The van der Waals surface area contributed by atoms with Gasteiger partial charge in [0.05, 0.1) is 6.54 Å². The van der Waals surface area contributed by atoms with Crippen LogP contribution in [0.3, 0.4) is 0 Å². The summed E-state index contributed by atoms with van der Waals surface area (Å²) in [4.78, 5) is 26.1. The van der Waals surface area contributed by atoms with Gasteiger partial charge in [-0.1, -0.05) is 51.0 Å². The van der Waals surface area contributed by atoms with Gasteiger partial charge >= 0.3 is 12.0 Å². The lowest BCUT2D eigenvalue weighted by Crippen LogP contribution is -2.40. The van der Waals surface area contributed by atoms with Crippen LogP contribution in [0.2, 0.25) is 0 Å². The monoisotopic (exact) mass is 470 g/mol. The molecular weight excluding hydrogens is 432 g/mol. The predicted octanol–water partition coefficient (Wildman–Crippen LogP) is 5.38. The number of ether oxygens (including phenoxy) is 2. The Morgan fingerprint density at radius 2 is 1.76 bits per heavy atom. The number of aryl methyl sites for hydroxylation is 1. The lowest BCUT2D eigenvalue weighted by Gasteiger charge is -2.27. The first kappa shape index (κ1) is 27.2. The number of carbonyl (C=O) groups excluding carboxylic acids is 1. The van der Waals surface area contributed by atoms with Gasteiger partial charge in [-0.15, -0.1) is 0 Å². The minimum atomic E-state index is -0.969. The van der Waals surface area contributed by atoms with Crippen LogP contribution in [0.1, 0.15) is 44.7 Å². The summed E-state index contributed by atoms with van der Waals surface area (Å²) >= 11 is 0. The van der Waals surface area contributed by atoms with Crippen LogP contribution in [0.25, 0.3) is 0 Å². The standard InChI is InChI=1S/C27H38N2O5/c1-5-21(6-2)19-29(27(32)28-23-10-8-9-20(4)17-23)15-16-34-24-13-11-22(12-14-24)18-25(26(30)31)33-7-3/h8-14,17,21,25H,5-7,15-16,18-19H2,1-4H3,(H,28,32)(H,30,31). The zero-order valence-corrected chi connectivity index (χ0v) is 20.8. The lowest BCUT2D eigenvalue weighted by atomic mass is 10.0.